The first kappa shape index (κ1) is 15.6. The second-order valence-corrected chi connectivity index (χ2v) is 5.80. The number of aryl methyl sites for hydroxylation is 1. The van der Waals surface area contributed by atoms with Crippen LogP contribution in [0.2, 0.25) is 0 Å². The summed E-state index contributed by atoms with van der Waals surface area (Å²) in [5, 5.41) is 7.69. The number of aromatic nitrogens is 2. The molecule has 2 rings (SSSR count). The molecule has 2 aromatic rings. The third-order valence-electron chi connectivity index (χ3n) is 3.13. The number of rotatable bonds is 8. The maximum absolute atomic E-state index is 5.80. The molecule has 0 saturated carbocycles. The lowest BCUT2D eigenvalue weighted by molar-refractivity contribution is 0.291. The Bertz CT molecular complexity index is 548. The van der Waals surface area contributed by atoms with Crippen LogP contribution in [-0.2, 0) is 13.1 Å². The third-order valence-corrected chi connectivity index (χ3v) is 3.13. The highest BCUT2D eigenvalue weighted by Gasteiger charge is 1.99. The Hall–Kier alpha value is -1.81. The first-order valence-corrected chi connectivity index (χ1v) is 7.55. The number of ether oxygens (including phenoxy) is 1. The van der Waals surface area contributed by atoms with Crippen LogP contribution in [-0.4, -0.2) is 22.9 Å². The normalized spacial score (nSPS) is 11.0. The van der Waals surface area contributed by atoms with Crippen LogP contribution >= 0.6 is 0 Å². The van der Waals surface area contributed by atoms with Crippen molar-refractivity contribution in [2.75, 3.05) is 13.2 Å². The van der Waals surface area contributed by atoms with Crippen molar-refractivity contribution < 1.29 is 4.74 Å². The van der Waals surface area contributed by atoms with Gasteiger partial charge in [0, 0.05) is 12.7 Å². The molecule has 0 bridgehead atoms. The van der Waals surface area contributed by atoms with E-state index < -0.39 is 0 Å². The van der Waals surface area contributed by atoms with E-state index in [0.717, 1.165) is 25.4 Å². The molecule has 0 aliphatic rings. The monoisotopic (exact) mass is 287 g/mol. The predicted octanol–water partition coefficient (Wildman–Crippen LogP) is 3.02. The zero-order chi connectivity index (χ0) is 15.1. The molecule has 1 aromatic heterocycles. The van der Waals surface area contributed by atoms with E-state index in [1.807, 2.05) is 36.1 Å². The molecule has 4 heteroatoms. The molecule has 0 radical (unpaired) electrons. The lowest BCUT2D eigenvalue weighted by atomic mass is 10.2. The number of benzene rings is 1. The highest BCUT2D eigenvalue weighted by molar-refractivity contribution is 5.28. The average Bonchev–Trinajstić information content (AvgIpc) is 2.85. The van der Waals surface area contributed by atoms with Gasteiger partial charge in [-0.15, -0.1) is 0 Å². The molecular weight excluding hydrogens is 262 g/mol. The van der Waals surface area contributed by atoms with Gasteiger partial charge in [-0.05, 0) is 42.6 Å². The van der Waals surface area contributed by atoms with E-state index in [4.69, 9.17) is 4.74 Å². The molecule has 4 nitrogen and oxygen atoms in total. The van der Waals surface area contributed by atoms with Crippen LogP contribution in [0.3, 0.4) is 0 Å². The Morgan fingerprint density at radius 2 is 2.19 bits per heavy atom. The lowest BCUT2D eigenvalue weighted by Crippen LogP contribution is -2.18. The van der Waals surface area contributed by atoms with E-state index in [9.17, 15) is 0 Å². The molecule has 21 heavy (non-hydrogen) atoms. The number of nitrogens with zero attached hydrogens (tertiary/aromatic N) is 2. The van der Waals surface area contributed by atoms with Gasteiger partial charge in [-0.2, -0.15) is 5.10 Å². The highest BCUT2D eigenvalue weighted by atomic mass is 16.5. The number of hydrogen-bond donors (Lipinski definition) is 1. The summed E-state index contributed by atoms with van der Waals surface area (Å²) in [4.78, 5) is 0. The average molecular weight is 287 g/mol. The molecule has 0 atom stereocenters. The Morgan fingerprint density at radius 1 is 1.33 bits per heavy atom. The van der Waals surface area contributed by atoms with Crippen molar-refractivity contribution in [2.24, 2.45) is 5.92 Å². The smallest absolute Gasteiger partial charge is 0.119 e. The van der Waals surface area contributed by atoms with Gasteiger partial charge in [-0.25, -0.2) is 0 Å². The minimum atomic E-state index is 0.629. The van der Waals surface area contributed by atoms with Gasteiger partial charge < -0.3 is 10.1 Å². The van der Waals surface area contributed by atoms with E-state index in [1.165, 1.54) is 11.1 Å². The number of hydrogen-bond acceptors (Lipinski definition) is 3. The minimum absolute atomic E-state index is 0.629. The van der Waals surface area contributed by atoms with Crippen molar-refractivity contribution in [3.63, 3.8) is 0 Å². The van der Waals surface area contributed by atoms with E-state index >= 15 is 0 Å². The quantitative estimate of drug-likeness (QED) is 0.811. The van der Waals surface area contributed by atoms with E-state index in [0.29, 0.717) is 12.5 Å². The Morgan fingerprint density at radius 3 is 2.90 bits per heavy atom. The largest absolute Gasteiger partial charge is 0.492 e. The molecule has 1 N–H and O–H groups in total. The van der Waals surface area contributed by atoms with Crippen molar-refractivity contribution in [2.45, 2.75) is 33.9 Å². The van der Waals surface area contributed by atoms with Crippen LogP contribution in [0.15, 0.2) is 36.7 Å². The third kappa shape index (κ3) is 5.60. The first-order chi connectivity index (χ1) is 10.1. The highest BCUT2D eigenvalue weighted by Crippen LogP contribution is 2.13. The van der Waals surface area contributed by atoms with Crippen molar-refractivity contribution in [3.8, 4) is 5.75 Å². The van der Waals surface area contributed by atoms with Crippen LogP contribution < -0.4 is 10.1 Å². The maximum Gasteiger partial charge on any atom is 0.119 e. The van der Waals surface area contributed by atoms with Gasteiger partial charge >= 0.3 is 0 Å². The second kappa shape index (κ2) is 7.84. The molecule has 1 aromatic carbocycles. The fourth-order valence-corrected chi connectivity index (χ4v) is 2.10. The molecule has 0 saturated heterocycles. The van der Waals surface area contributed by atoms with E-state index in [2.05, 4.69) is 36.4 Å². The standard InChI is InChI=1S/C17H25N3O/c1-14(2)10-18-12-16-5-4-6-17(9-16)21-8-7-20-13-15(3)11-19-20/h4-6,9,11,13-14,18H,7-8,10,12H2,1-3H3. The molecule has 0 unspecified atom stereocenters. The van der Waals surface area contributed by atoms with Crippen LogP contribution in [0.1, 0.15) is 25.0 Å². The van der Waals surface area contributed by atoms with Crippen molar-refractivity contribution in [3.05, 3.63) is 47.8 Å². The first-order valence-electron chi connectivity index (χ1n) is 7.55. The fraction of sp³-hybridized carbons (Fsp3) is 0.471. The van der Waals surface area contributed by atoms with Crippen LogP contribution in [0.5, 0.6) is 5.75 Å². The zero-order valence-corrected chi connectivity index (χ0v) is 13.2. The predicted molar refractivity (Wildman–Crippen MR) is 85.4 cm³/mol. The zero-order valence-electron chi connectivity index (χ0n) is 13.2. The van der Waals surface area contributed by atoms with Gasteiger partial charge in [0.1, 0.15) is 12.4 Å². The van der Waals surface area contributed by atoms with E-state index in [1.54, 1.807) is 0 Å². The van der Waals surface area contributed by atoms with Crippen LogP contribution in [0, 0.1) is 12.8 Å². The molecule has 1 heterocycles. The summed E-state index contributed by atoms with van der Waals surface area (Å²) in [5.74, 6) is 1.59. The molecule has 0 fully saturated rings. The molecule has 0 aliphatic heterocycles. The number of nitrogens with one attached hydrogen (secondary N) is 1. The molecule has 114 valence electrons. The van der Waals surface area contributed by atoms with Gasteiger partial charge in [0.2, 0.25) is 0 Å². The van der Waals surface area contributed by atoms with Crippen LogP contribution in [0.25, 0.3) is 0 Å². The van der Waals surface area contributed by atoms with Gasteiger partial charge in [-0.1, -0.05) is 26.0 Å². The molecule has 0 aliphatic carbocycles. The Balaban J connectivity index is 1.77. The Labute approximate surface area is 127 Å². The summed E-state index contributed by atoms with van der Waals surface area (Å²) < 4.78 is 7.70. The molecule has 0 spiro atoms. The van der Waals surface area contributed by atoms with Gasteiger partial charge in [0.15, 0.2) is 0 Å². The summed E-state index contributed by atoms with van der Waals surface area (Å²) in [6.45, 7) is 9.77. The van der Waals surface area contributed by atoms with E-state index in [-0.39, 0.29) is 0 Å². The van der Waals surface area contributed by atoms with Crippen molar-refractivity contribution >= 4 is 0 Å². The Kier molecular flexibility index (Phi) is 5.81. The summed E-state index contributed by atoms with van der Waals surface area (Å²) in [5.41, 5.74) is 2.43. The molecular formula is C17H25N3O. The van der Waals surface area contributed by atoms with Gasteiger partial charge in [0.25, 0.3) is 0 Å². The van der Waals surface area contributed by atoms with Crippen LogP contribution in [0.4, 0.5) is 0 Å². The summed E-state index contributed by atoms with van der Waals surface area (Å²) in [6.07, 6.45) is 3.89. The fourth-order valence-electron chi connectivity index (χ4n) is 2.10. The van der Waals surface area contributed by atoms with Gasteiger partial charge in [-0.3, -0.25) is 4.68 Å². The van der Waals surface area contributed by atoms with Crippen molar-refractivity contribution in [1.29, 1.82) is 0 Å². The SMILES string of the molecule is Cc1cnn(CCOc2cccc(CNCC(C)C)c2)c1. The summed E-state index contributed by atoms with van der Waals surface area (Å²) in [6, 6.07) is 8.26. The van der Waals surface area contributed by atoms with Gasteiger partial charge in [0.05, 0.1) is 12.7 Å². The molecule has 0 amide bonds. The second-order valence-electron chi connectivity index (χ2n) is 5.80. The maximum atomic E-state index is 5.80. The summed E-state index contributed by atoms with van der Waals surface area (Å²) in [7, 11) is 0. The minimum Gasteiger partial charge on any atom is -0.492 e. The summed E-state index contributed by atoms with van der Waals surface area (Å²) >= 11 is 0. The lowest BCUT2D eigenvalue weighted by Gasteiger charge is -2.10. The topological polar surface area (TPSA) is 39.1 Å². The van der Waals surface area contributed by atoms with Crippen molar-refractivity contribution in [1.82, 2.24) is 15.1 Å².